The van der Waals surface area contributed by atoms with E-state index >= 15 is 0 Å². The third-order valence-corrected chi connectivity index (χ3v) is 3.55. The number of aliphatic hydroxyl groups is 1. The molecule has 0 spiro atoms. The number of rotatable bonds is 9. The van der Waals surface area contributed by atoms with Crippen molar-refractivity contribution in [3.05, 3.63) is 71.3 Å². The molecule has 5 nitrogen and oxygen atoms in total. The lowest BCUT2D eigenvalue weighted by Gasteiger charge is -2.22. The largest absolute Gasteiger partial charge is 0.479 e. The van der Waals surface area contributed by atoms with Crippen LogP contribution in [0.4, 0.5) is 8.78 Å². The second-order valence-electron chi connectivity index (χ2n) is 5.40. The van der Waals surface area contributed by atoms with E-state index in [1.165, 1.54) is 0 Å². The number of hydrogen-bond acceptors (Lipinski definition) is 4. The molecule has 2 atom stereocenters. The summed E-state index contributed by atoms with van der Waals surface area (Å²) in [4.78, 5) is 11.5. The van der Waals surface area contributed by atoms with Gasteiger partial charge in [-0.05, 0) is 23.3 Å². The van der Waals surface area contributed by atoms with Crippen LogP contribution >= 0.6 is 0 Å². The quantitative estimate of drug-likeness (QED) is 0.647. The number of carboxylic acids is 1. The number of aliphatic hydroxyl groups excluding tert-OH is 1. The van der Waals surface area contributed by atoms with Gasteiger partial charge in [-0.1, -0.05) is 30.3 Å². The summed E-state index contributed by atoms with van der Waals surface area (Å²) in [5, 5.41) is 21.2. The van der Waals surface area contributed by atoms with Crippen molar-refractivity contribution in [2.45, 2.75) is 12.1 Å². The van der Waals surface area contributed by atoms with Crippen molar-refractivity contribution in [2.24, 2.45) is 0 Å². The van der Waals surface area contributed by atoms with Gasteiger partial charge in [-0.25, -0.2) is 13.6 Å². The second kappa shape index (κ2) is 9.22. The smallest absolute Gasteiger partial charge is 0.337 e. The van der Waals surface area contributed by atoms with Crippen LogP contribution in [0.15, 0.2) is 48.5 Å². The van der Waals surface area contributed by atoms with E-state index in [2.05, 4.69) is 5.32 Å². The predicted molar refractivity (Wildman–Crippen MR) is 87.0 cm³/mol. The van der Waals surface area contributed by atoms with Crippen LogP contribution in [-0.2, 0) is 9.53 Å². The number of carbonyl (C=O) groups is 1. The van der Waals surface area contributed by atoms with E-state index in [0.29, 0.717) is 5.56 Å². The van der Waals surface area contributed by atoms with Crippen molar-refractivity contribution in [1.29, 1.82) is 0 Å². The molecular weight excluding hydrogens is 332 g/mol. The van der Waals surface area contributed by atoms with Gasteiger partial charge in [0.05, 0.1) is 19.3 Å². The SMILES string of the molecule is O=C(O)C(OCC(NCCO)c1cc(F)cc(F)c1)c1ccccc1. The number of halogens is 2. The Morgan fingerprint density at radius 2 is 1.72 bits per heavy atom. The van der Waals surface area contributed by atoms with Crippen LogP contribution in [0.2, 0.25) is 0 Å². The summed E-state index contributed by atoms with van der Waals surface area (Å²) in [5.74, 6) is -2.66. The van der Waals surface area contributed by atoms with Crippen molar-refractivity contribution in [3.63, 3.8) is 0 Å². The average molecular weight is 351 g/mol. The van der Waals surface area contributed by atoms with E-state index in [1.807, 2.05) is 0 Å². The van der Waals surface area contributed by atoms with Crippen LogP contribution in [0.1, 0.15) is 23.3 Å². The molecule has 2 aromatic rings. The van der Waals surface area contributed by atoms with E-state index in [4.69, 9.17) is 9.84 Å². The highest BCUT2D eigenvalue weighted by Gasteiger charge is 2.23. The molecule has 0 aromatic heterocycles. The van der Waals surface area contributed by atoms with Gasteiger partial charge in [0.15, 0.2) is 6.10 Å². The van der Waals surface area contributed by atoms with Gasteiger partial charge in [-0.15, -0.1) is 0 Å². The number of benzene rings is 2. The Labute approximate surface area is 143 Å². The lowest BCUT2D eigenvalue weighted by atomic mass is 10.1. The van der Waals surface area contributed by atoms with Gasteiger partial charge in [0.25, 0.3) is 0 Å². The Kier molecular flexibility index (Phi) is 7.00. The molecule has 0 heterocycles. The highest BCUT2D eigenvalue weighted by molar-refractivity contribution is 5.74. The Morgan fingerprint density at radius 1 is 1.08 bits per heavy atom. The molecule has 3 N–H and O–H groups in total. The van der Waals surface area contributed by atoms with Gasteiger partial charge >= 0.3 is 5.97 Å². The molecule has 7 heteroatoms. The Bertz CT molecular complexity index is 676. The fourth-order valence-corrected chi connectivity index (χ4v) is 2.42. The van der Waals surface area contributed by atoms with Crippen molar-refractivity contribution in [2.75, 3.05) is 19.8 Å². The predicted octanol–water partition coefficient (Wildman–Crippen LogP) is 2.43. The minimum Gasteiger partial charge on any atom is -0.479 e. The van der Waals surface area contributed by atoms with Gasteiger partial charge in [0.2, 0.25) is 0 Å². The topological polar surface area (TPSA) is 78.8 Å². The maximum Gasteiger partial charge on any atom is 0.337 e. The zero-order valence-corrected chi connectivity index (χ0v) is 13.4. The van der Waals surface area contributed by atoms with Crippen LogP contribution in [-0.4, -0.2) is 35.9 Å². The number of ether oxygens (including phenoxy) is 1. The fourth-order valence-electron chi connectivity index (χ4n) is 2.42. The molecule has 2 aromatic carbocycles. The Morgan fingerprint density at radius 3 is 2.28 bits per heavy atom. The molecule has 0 aliphatic heterocycles. The summed E-state index contributed by atoms with van der Waals surface area (Å²) in [5.41, 5.74) is 0.726. The summed E-state index contributed by atoms with van der Waals surface area (Å²) in [7, 11) is 0. The third kappa shape index (κ3) is 5.60. The highest BCUT2D eigenvalue weighted by Crippen LogP contribution is 2.22. The lowest BCUT2D eigenvalue weighted by molar-refractivity contribution is -0.151. The van der Waals surface area contributed by atoms with Gasteiger partial charge in [-0.2, -0.15) is 0 Å². The van der Waals surface area contributed by atoms with Crippen molar-refractivity contribution < 1.29 is 28.5 Å². The summed E-state index contributed by atoms with van der Waals surface area (Å²) >= 11 is 0. The molecule has 2 unspecified atom stereocenters. The van der Waals surface area contributed by atoms with Gasteiger partial charge in [0.1, 0.15) is 11.6 Å². The number of carboxylic acid groups (broad SMARTS) is 1. The minimum atomic E-state index is -1.21. The molecule has 0 aliphatic rings. The normalized spacial score (nSPS) is 13.4. The lowest BCUT2D eigenvalue weighted by Crippen LogP contribution is -2.30. The first-order valence-electron chi connectivity index (χ1n) is 7.71. The molecule has 0 saturated carbocycles. The molecular formula is C18H19F2NO4. The van der Waals surface area contributed by atoms with Crippen LogP contribution < -0.4 is 5.32 Å². The van der Waals surface area contributed by atoms with Crippen LogP contribution in [0, 0.1) is 11.6 Å². The van der Waals surface area contributed by atoms with E-state index in [-0.39, 0.29) is 25.3 Å². The van der Waals surface area contributed by atoms with Crippen LogP contribution in [0.25, 0.3) is 0 Å². The monoisotopic (exact) mass is 351 g/mol. The maximum absolute atomic E-state index is 13.5. The molecule has 0 saturated heterocycles. The number of hydrogen-bond donors (Lipinski definition) is 3. The van der Waals surface area contributed by atoms with E-state index in [9.17, 15) is 18.7 Å². The standard InChI is InChI=1S/C18H19F2NO4/c19-14-8-13(9-15(20)10-14)16(21-6-7-22)11-25-17(18(23)24)12-4-2-1-3-5-12/h1-5,8-10,16-17,21-22H,6-7,11H2,(H,23,24). The van der Waals surface area contributed by atoms with Crippen molar-refractivity contribution >= 4 is 5.97 Å². The zero-order chi connectivity index (χ0) is 18.2. The molecule has 25 heavy (non-hydrogen) atoms. The third-order valence-electron chi connectivity index (χ3n) is 3.55. The van der Waals surface area contributed by atoms with E-state index in [0.717, 1.165) is 18.2 Å². The average Bonchev–Trinajstić information content (AvgIpc) is 2.57. The second-order valence-corrected chi connectivity index (χ2v) is 5.40. The minimum absolute atomic E-state index is 0.144. The maximum atomic E-state index is 13.5. The first-order chi connectivity index (χ1) is 12.0. The first kappa shape index (κ1) is 19.0. The van der Waals surface area contributed by atoms with Crippen LogP contribution in [0.5, 0.6) is 0 Å². The van der Waals surface area contributed by atoms with Crippen molar-refractivity contribution in [1.82, 2.24) is 5.32 Å². The summed E-state index contributed by atoms with van der Waals surface area (Å²) in [6.45, 7) is -0.167. The molecule has 0 aliphatic carbocycles. The molecule has 0 amide bonds. The zero-order valence-electron chi connectivity index (χ0n) is 13.4. The van der Waals surface area contributed by atoms with E-state index < -0.39 is 29.7 Å². The number of aliphatic carboxylic acids is 1. The Balaban J connectivity index is 2.16. The van der Waals surface area contributed by atoms with Crippen molar-refractivity contribution in [3.8, 4) is 0 Å². The van der Waals surface area contributed by atoms with Crippen LogP contribution in [0.3, 0.4) is 0 Å². The fraction of sp³-hybridized carbons (Fsp3) is 0.278. The molecule has 134 valence electrons. The summed E-state index contributed by atoms with van der Waals surface area (Å²) in [6, 6.07) is 10.7. The Hall–Kier alpha value is -2.35. The summed E-state index contributed by atoms with van der Waals surface area (Å²) in [6.07, 6.45) is -1.21. The molecule has 0 bridgehead atoms. The molecule has 0 radical (unpaired) electrons. The highest BCUT2D eigenvalue weighted by atomic mass is 19.1. The first-order valence-corrected chi connectivity index (χ1v) is 7.71. The van der Waals surface area contributed by atoms with Gasteiger partial charge < -0.3 is 20.3 Å². The molecule has 2 rings (SSSR count). The summed E-state index contributed by atoms with van der Waals surface area (Å²) < 4.78 is 32.4. The molecule has 0 fully saturated rings. The van der Waals surface area contributed by atoms with Gasteiger partial charge in [0, 0.05) is 12.6 Å². The van der Waals surface area contributed by atoms with E-state index in [1.54, 1.807) is 30.3 Å². The number of nitrogens with one attached hydrogen (secondary N) is 1. The van der Waals surface area contributed by atoms with Gasteiger partial charge in [-0.3, -0.25) is 0 Å².